The lowest BCUT2D eigenvalue weighted by atomic mass is 9.86. The van der Waals surface area contributed by atoms with E-state index < -0.39 is 238 Å². The number of carbonyl (C=O) groups is 8. The number of amides is 8. The molecule has 0 unspecified atom stereocenters. The van der Waals surface area contributed by atoms with Gasteiger partial charge in [0, 0.05) is 29.2 Å². The van der Waals surface area contributed by atoms with E-state index in [1.807, 2.05) is 13.8 Å². The molecule has 2 fully saturated rings. The largest absolute Gasteiger partial charge is 0.508 e. The van der Waals surface area contributed by atoms with Gasteiger partial charge in [0.25, 0.3) is 0 Å². The fourth-order valence-corrected chi connectivity index (χ4v) is 13.2. The van der Waals surface area contributed by atoms with Crippen LogP contribution >= 0.6 is 23.2 Å². The first-order chi connectivity index (χ1) is 49.2. The predicted octanol–water partition coefficient (Wildman–Crippen LogP) is -0.229. The summed E-state index contributed by atoms with van der Waals surface area (Å²) in [6, 6.07) is 0.0579. The maximum atomic E-state index is 16.1. The highest BCUT2D eigenvalue weighted by molar-refractivity contribution is 6.32. The number of aromatic hydroxyl groups is 3. The van der Waals surface area contributed by atoms with Gasteiger partial charge in [0.2, 0.25) is 59.3 Å². The van der Waals surface area contributed by atoms with Crippen LogP contribution in [0.3, 0.4) is 0 Å². The van der Waals surface area contributed by atoms with Crippen molar-refractivity contribution in [1.82, 2.24) is 42.5 Å². The fourth-order valence-electron chi connectivity index (χ4n) is 12.7. The van der Waals surface area contributed by atoms with Gasteiger partial charge in [-0.15, -0.1) is 6.42 Å². The number of carbonyl (C=O) groups excluding carboxylic acids is 8. The first-order valence-electron chi connectivity index (χ1n) is 32.6. The number of terminal acetylenes is 1. The zero-order valence-corrected chi connectivity index (χ0v) is 57.7. The molecule has 2 saturated heterocycles. The smallest absolute Gasteiger partial charge is 0.248 e. The van der Waals surface area contributed by atoms with Gasteiger partial charge >= 0.3 is 0 Å². The highest BCUT2D eigenvalue weighted by atomic mass is 35.5. The summed E-state index contributed by atoms with van der Waals surface area (Å²) in [6.45, 7) is 5.23. The second-order valence-corrected chi connectivity index (χ2v) is 27.1. The Kier molecular flexibility index (Phi) is 23.5. The molecule has 5 aromatic carbocycles. The number of hydrogen-bond donors (Lipinski definition) is 19. The number of phenols is 3. The average Bonchev–Trinajstić information content (AvgIpc) is 0.768. The van der Waals surface area contributed by atoms with Crippen LogP contribution in [0.4, 0.5) is 0 Å². The summed E-state index contributed by atoms with van der Waals surface area (Å²) in [5, 5.41) is 123. The monoisotopic (exact) mass is 1480 g/mol. The number of primary amides is 1. The standard InChI is InChI=1S/C69H78Cl2N10O23/c1-7-14-75-63(94)51-34-21-32(83)22-40(85)48(34)33-16-28(8-11-39(33)84)49-64(95)81-53(67(98)79-51)55(88)30-10-13-42(36(71)18-30)101-44-20-31-19-43(58(44)104-68-59(57(90)56(89)45(25-82)102-68)103-47-24-69(5,73)60(91)27(4)99-47)100-41-12-9-29(17-35(41)70)54(87)52(80-61(92)37(74-6)15-26(2)3)66(97)76-38(23-46(72)86)62(93)77-50(31)65(96)78-49/h1,8-13,16-22,26-27,37-38,45,47,49-57,59-60,68,74,82-85,87-91H,14-15,23-25,73H2,2-6H3,(H2,72,86)(H,75,94)(H,76,97)(H,77,93)(H,78,96)(H,79,98)(H,80,92)(H,81,95)/t27-,37+,38-,45+,47-,49+,50+,51-,52+,53-,54+,55+,56+,57-,59+,60+,68-,69-/m0/s1. The van der Waals surface area contributed by atoms with Gasteiger partial charge < -0.3 is 128 Å². The van der Waals surface area contributed by atoms with Crippen molar-refractivity contribution in [3.63, 3.8) is 0 Å². The Hall–Kier alpha value is -9.64. The summed E-state index contributed by atoms with van der Waals surface area (Å²) in [5.41, 5.74) is 8.41. The SMILES string of the molecule is C#CCNC(=O)[C@H]1NC(=O)[C@H]2NC(=O)[C@H](NC(=O)[C@@H]3NC(=O)[C@H](CC(N)=O)NC(=O)[C@H](NC(=O)[C@@H](CC(C)C)NC)[C@H](O)c4ccc(c(Cl)c4)Oc4cc3cc(c4O[C@@H]3O[C@H](CO)[C@@H](O)[C@H](O)[C@H]3O[C@H]3C[C@](C)(N)[C@H](O)[C@H](C)O3)Oc3ccc(cc3Cl)[C@H]2O)c2ccc(O)c(c2)-c2c(O)cc(O)cc21. The third-order valence-electron chi connectivity index (χ3n) is 18.2. The number of halogens is 2. The van der Waals surface area contributed by atoms with Crippen molar-refractivity contribution >= 4 is 70.5 Å². The molecule has 7 heterocycles. The lowest BCUT2D eigenvalue weighted by Crippen LogP contribution is -2.64. The lowest BCUT2D eigenvalue weighted by Gasteiger charge is -2.47. The first-order valence-corrected chi connectivity index (χ1v) is 33.4. The Morgan fingerprint density at radius 3 is 1.95 bits per heavy atom. The van der Waals surface area contributed by atoms with E-state index in [1.54, 1.807) is 0 Å². The molecule has 35 heteroatoms. The van der Waals surface area contributed by atoms with Crippen LogP contribution in [0, 0.1) is 18.3 Å². The van der Waals surface area contributed by atoms with Crippen LogP contribution in [0.25, 0.3) is 11.1 Å². The quantitative estimate of drug-likeness (QED) is 0.0639. The fraction of sp³-hybridized carbons (Fsp3) is 0.420. The number of ether oxygens (including phenoxy) is 6. The zero-order chi connectivity index (χ0) is 75.7. The van der Waals surface area contributed by atoms with E-state index in [9.17, 15) is 65.1 Å². The average molecular weight is 1490 g/mol. The third kappa shape index (κ3) is 16.5. The maximum Gasteiger partial charge on any atom is 0.248 e. The van der Waals surface area contributed by atoms with Crippen LogP contribution in [0.5, 0.6) is 46.0 Å². The Labute approximate surface area is 603 Å². The number of aliphatic hydroxyl groups is 6. The molecule has 104 heavy (non-hydrogen) atoms. The van der Waals surface area contributed by atoms with Crippen molar-refractivity contribution in [3.8, 4) is 69.5 Å². The topological polar surface area (TPSA) is 522 Å². The molecule has 12 rings (SSSR count). The van der Waals surface area contributed by atoms with Crippen LogP contribution < -0.4 is 68.2 Å². The molecule has 0 radical (unpaired) electrons. The van der Waals surface area contributed by atoms with E-state index in [-0.39, 0.29) is 52.0 Å². The summed E-state index contributed by atoms with van der Waals surface area (Å²) >= 11 is 14.2. The summed E-state index contributed by atoms with van der Waals surface area (Å²) in [4.78, 5) is 119. The maximum absolute atomic E-state index is 16.1. The Morgan fingerprint density at radius 2 is 1.36 bits per heavy atom. The molecule has 556 valence electrons. The molecule has 21 N–H and O–H groups in total. The number of hydrogen-bond acceptors (Lipinski definition) is 25. The van der Waals surface area contributed by atoms with E-state index >= 15 is 19.2 Å². The minimum absolute atomic E-state index is 0.0970. The van der Waals surface area contributed by atoms with Crippen molar-refractivity contribution in [3.05, 3.63) is 117 Å². The van der Waals surface area contributed by atoms with Gasteiger partial charge in [-0.25, -0.2) is 0 Å². The lowest BCUT2D eigenvalue weighted by molar-refractivity contribution is -0.333. The summed E-state index contributed by atoms with van der Waals surface area (Å²) in [7, 11) is 1.48. The summed E-state index contributed by atoms with van der Waals surface area (Å²) in [5.74, 6) is -12.7. The van der Waals surface area contributed by atoms with Crippen molar-refractivity contribution in [2.24, 2.45) is 17.4 Å². The molecule has 11 bridgehead atoms. The van der Waals surface area contributed by atoms with Crippen LogP contribution in [0.2, 0.25) is 10.0 Å². The highest BCUT2D eigenvalue weighted by Gasteiger charge is 2.51. The van der Waals surface area contributed by atoms with Crippen molar-refractivity contribution in [1.29, 1.82) is 0 Å². The predicted molar refractivity (Wildman–Crippen MR) is 363 cm³/mol. The number of rotatable bonds is 14. The Balaban J connectivity index is 1.24. The zero-order valence-electron chi connectivity index (χ0n) is 56.2. The number of phenolic OH excluding ortho intramolecular Hbond substituents is 3. The molecule has 0 aromatic heterocycles. The van der Waals surface area contributed by atoms with Gasteiger partial charge in [-0.3, -0.25) is 38.4 Å². The molecule has 18 atom stereocenters. The molecule has 0 spiro atoms. The van der Waals surface area contributed by atoms with Gasteiger partial charge in [-0.05, 0) is 116 Å². The van der Waals surface area contributed by atoms with Gasteiger partial charge in [0.05, 0.1) is 47.9 Å². The minimum Gasteiger partial charge on any atom is -0.508 e. The molecular formula is C69H78Cl2N10O23. The normalized spacial score (nSPS) is 28.8. The molecule has 0 aliphatic carbocycles. The van der Waals surface area contributed by atoms with E-state index in [0.717, 1.165) is 60.7 Å². The van der Waals surface area contributed by atoms with Crippen molar-refractivity contribution in [2.45, 2.75) is 156 Å². The summed E-state index contributed by atoms with van der Waals surface area (Å²) < 4.78 is 38.4. The van der Waals surface area contributed by atoms with Crippen molar-refractivity contribution < 1.29 is 113 Å². The minimum atomic E-state index is -2.34. The second kappa shape index (κ2) is 31.8. The number of fused-ring (bicyclic) bond motifs is 15. The third-order valence-corrected chi connectivity index (χ3v) is 18.7. The van der Waals surface area contributed by atoms with Crippen LogP contribution in [-0.2, 0) is 52.6 Å². The number of likely N-dealkylation sites (N-methyl/N-ethyl adjacent to an activating group) is 1. The highest BCUT2D eigenvalue weighted by Crippen LogP contribution is 2.50. The van der Waals surface area contributed by atoms with Crippen LogP contribution in [0.1, 0.15) is 105 Å². The second-order valence-electron chi connectivity index (χ2n) is 26.3. The number of aliphatic hydroxyl groups excluding tert-OH is 6. The molecule has 8 amide bonds. The summed E-state index contributed by atoms with van der Waals surface area (Å²) in [6.07, 6.45) is -13.0. The van der Waals surface area contributed by atoms with Crippen LogP contribution in [0.15, 0.2) is 78.9 Å². The van der Waals surface area contributed by atoms with Gasteiger partial charge in [0.1, 0.15) is 95.5 Å². The molecule has 33 nitrogen and oxygen atoms in total. The molecule has 5 aromatic rings. The molecule has 0 saturated carbocycles. The Bertz CT molecular complexity index is 4220. The number of nitrogens with one attached hydrogen (secondary N) is 8. The van der Waals surface area contributed by atoms with E-state index in [0.29, 0.717) is 0 Å². The Morgan fingerprint density at radius 1 is 0.740 bits per heavy atom. The number of nitrogens with two attached hydrogens (primary N) is 2. The van der Waals surface area contributed by atoms with E-state index in [2.05, 4.69) is 48.5 Å². The first kappa shape index (κ1) is 77.0. The van der Waals surface area contributed by atoms with E-state index in [1.165, 1.54) is 39.1 Å². The van der Waals surface area contributed by atoms with Crippen molar-refractivity contribution in [2.75, 3.05) is 20.2 Å². The van der Waals surface area contributed by atoms with Gasteiger partial charge in [-0.2, -0.15) is 0 Å². The van der Waals surface area contributed by atoms with Gasteiger partial charge in [-0.1, -0.05) is 61.2 Å². The number of benzene rings is 5. The van der Waals surface area contributed by atoms with E-state index in [4.69, 9.17) is 69.5 Å². The van der Waals surface area contributed by atoms with Crippen LogP contribution in [-0.4, -0.2) is 192 Å². The van der Waals surface area contributed by atoms with Gasteiger partial charge in [0.15, 0.2) is 23.9 Å². The molecule has 7 aliphatic heterocycles. The molecular weight excluding hydrogens is 1410 g/mol. The molecule has 7 aliphatic rings.